The number of anilines is 1. The number of nitrogens with two attached hydrogens (primary N) is 1. The Balaban J connectivity index is 2.40. The van der Waals surface area contributed by atoms with E-state index in [9.17, 15) is 9.18 Å². The van der Waals surface area contributed by atoms with Gasteiger partial charge in [0.15, 0.2) is 5.82 Å². The number of esters is 1. The van der Waals surface area contributed by atoms with Crippen LogP contribution in [0.4, 0.5) is 10.2 Å². The molecule has 0 spiro atoms. The minimum absolute atomic E-state index is 0.200. The van der Waals surface area contributed by atoms with Crippen LogP contribution in [0.1, 0.15) is 36.7 Å². The number of benzene rings is 1. The third-order valence-electron chi connectivity index (χ3n) is 2.84. The van der Waals surface area contributed by atoms with E-state index in [1.165, 1.54) is 23.7 Å². The molecule has 1 heterocycles. The van der Waals surface area contributed by atoms with Crippen LogP contribution in [0.2, 0.25) is 0 Å². The molecule has 0 fully saturated rings. The highest BCUT2D eigenvalue weighted by Crippen LogP contribution is 2.22. The van der Waals surface area contributed by atoms with Crippen molar-refractivity contribution >= 4 is 11.8 Å². The Labute approximate surface area is 122 Å². The number of carbonyl (C=O) groups excluding carboxylic acids is 1. The van der Waals surface area contributed by atoms with Gasteiger partial charge in [-0.25, -0.2) is 13.9 Å². The second kappa shape index (κ2) is 5.20. The molecule has 0 aliphatic carbocycles. The van der Waals surface area contributed by atoms with E-state index in [1.54, 1.807) is 33.0 Å². The molecule has 0 amide bonds. The van der Waals surface area contributed by atoms with Crippen LogP contribution in [-0.2, 0) is 4.74 Å². The standard InChI is InChI=1S/C15H18FN3O2/c1-9-10(14(20)21-15(2,3)4)5-6-11(13(9)16)19-8-7-12(17)18-19/h5-8H,1-4H3,(H2,17,18). The molecule has 0 radical (unpaired) electrons. The first-order chi connectivity index (χ1) is 9.69. The van der Waals surface area contributed by atoms with Gasteiger partial charge in [0, 0.05) is 17.8 Å². The number of nitrogens with zero attached hydrogens (tertiary/aromatic N) is 2. The Morgan fingerprint density at radius 1 is 1.33 bits per heavy atom. The van der Waals surface area contributed by atoms with E-state index in [2.05, 4.69) is 5.10 Å². The molecule has 2 aromatic rings. The van der Waals surface area contributed by atoms with Crippen molar-refractivity contribution in [2.75, 3.05) is 5.73 Å². The molecule has 2 rings (SSSR count). The molecule has 6 heteroatoms. The minimum atomic E-state index is -0.630. The fourth-order valence-electron chi connectivity index (χ4n) is 1.87. The molecule has 1 aromatic carbocycles. The van der Waals surface area contributed by atoms with Crippen molar-refractivity contribution in [3.8, 4) is 5.69 Å². The van der Waals surface area contributed by atoms with Crippen LogP contribution in [0.5, 0.6) is 0 Å². The van der Waals surface area contributed by atoms with Gasteiger partial charge in [-0.05, 0) is 39.8 Å². The van der Waals surface area contributed by atoms with Gasteiger partial charge < -0.3 is 10.5 Å². The zero-order chi connectivity index (χ0) is 15.8. The molecule has 0 aliphatic rings. The summed E-state index contributed by atoms with van der Waals surface area (Å²) in [6.45, 7) is 6.82. The number of ether oxygens (including phenoxy) is 1. The third-order valence-corrected chi connectivity index (χ3v) is 2.84. The Hall–Kier alpha value is -2.37. The van der Waals surface area contributed by atoms with Crippen molar-refractivity contribution in [1.29, 1.82) is 0 Å². The van der Waals surface area contributed by atoms with E-state index in [4.69, 9.17) is 10.5 Å². The maximum atomic E-state index is 14.4. The molecular weight excluding hydrogens is 273 g/mol. The Kier molecular flexibility index (Phi) is 3.72. The molecule has 5 nitrogen and oxygen atoms in total. The smallest absolute Gasteiger partial charge is 0.339 e. The van der Waals surface area contributed by atoms with Crippen molar-refractivity contribution in [1.82, 2.24) is 9.78 Å². The van der Waals surface area contributed by atoms with Gasteiger partial charge in [0.05, 0.1) is 5.56 Å². The van der Waals surface area contributed by atoms with Gasteiger partial charge in [-0.15, -0.1) is 0 Å². The number of hydrogen-bond acceptors (Lipinski definition) is 4. The first-order valence-corrected chi connectivity index (χ1v) is 6.53. The number of nitrogen functional groups attached to an aromatic ring is 1. The molecule has 0 saturated carbocycles. The van der Waals surface area contributed by atoms with Crippen LogP contribution < -0.4 is 5.73 Å². The quantitative estimate of drug-likeness (QED) is 0.864. The number of aromatic nitrogens is 2. The number of halogens is 1. The van der Waals surface area contributed by atoms with Gasteiger partial charge in [-0.2, -0.15) is 5.10 Å². The van der Waals surface area contributed by atoms with E-state index in [0.717, 1.165) is 0 Å². The highest BCUT2D eigenvalue weighted by Gasteiger charge is 2.22. The summed E-state index contributed by atoms with van der Waals surface area (Å²) in [7, 11) is 0. The number of hydrogen-bond donors (Lipinski definition) is 1. The Morgan fingerprint density at radius 2 is 2.00 bits per heavy atom. The first-order valence-electron chi connectivity index (χ1n) is 6.53. The van der Waals surface area contributed by atoms with E-state index >= 15 is 0 Å². The van der Waals surface area contributed by atoms with Gasteiger partial charge >= 0.3 is 5.97 Å². The van der Waals surface area contributed by atoms with Crippen LogP contribution in [0, 0.1) is 12.7 Å². The molecule has 0 aliphatic heterocycles. The normalized spacial score (nSPS) is 11.5. The highest BCUT2D eigenvalue weighted by atomic mass is 19.1. The van der Waals surface area contributed by atoms with E-state index in [0.29, 0.717) is 5.82 Å². The van der Waals surface area contributed by atoms with E-state index in [-0.39, 0.29) is 16.8 Å². The van der Waals surface area contributed by atoms with Crippen LogP contribution in [0.3, 0.4) is 0 Å². The average Bonchev–Trinajstić information content (AvgIpc) is 2.76. The maximum Gasteiger partial charge on any atom is 0.339 e. The molecular formula is C15H18FN3O2. The molecule has 0 unspecified atom stereocenters. The van der Waals surface area contributed by atoms with Crippen LogP contribution in [0.25, 0.3) is 5.69 Å². The summed E-state index contributed by atoms with van der Waals surface area (Å²) in [5.74, 6) is -0.782. The van der Waals surface area contributed by atoms with Gasteiger partial charge in [0.25, 0.3) is 0 Å². The summed E-state index contributed by atoms with van der Waals surface area (Å²) < 4.78 is 21.0. The summed E-state index contributed by atoms with van der Waals surface area (Å²) in [4.78, 5) is 12.1. The molecule has 0 saturated heterocycles. The number of carbonyl (C=O) groups is 1. The highest BCUT2D eigenvalue weighted by molar-refractivity contribution is 5.91. The topological polar surface area (TPSA) is 70.1 Å². The second-order valence-electron chi connectivity index (χ2n) is 5.76. The molecule has 1 aromatic heterocycles. The fraction of sp³-hybridized carbons (Fsp3) is 0.333. The lowest BCUT2D eigenvalue weighted by atomic mass is 10.1. The van der Waals surface area contributed by atoms with Gasteiger partial charge in [-0.1, -0.05) is 0 Å². The van der Waals surface area contributed by atoms with Crippen molar-refractivity contribution in [2.24, 2.45) is 0 Å². The fourth-order valence-corrected chi connectivity index (χ4v) is 1.87. The summed E-state index contributed by atoms with van der Waals surface area (Å²) >= 11 is 0. The molecule has 21 heavy (non-hydrogen) atoms. The SMILES string of the molecule is Cc1c(C(=O)OC(C)(C)C)ccc(-n2ccc(N)n2)c1F. The summed E-state index contributed by atoms with van der Waals surface area (Å²) in [5, 5.41) is 3.96. The Bertz CT molecular complexity index is 687. The monoisotopic (exact) mass is 291 g/mol. The zero-order valence-electron chi connectivity index (χ0n) is 12.5. The predicted octanol–water partition coefficient (Wildman–Crippen LogP) is 2.86. The summed E-state index contributed by atoms with van der Waals surface area (Å²) in [5.41, 5.74) is 5.54. The van der Waals surface area contributed by atoms with Gasteiger partial charge in [0.2, 0.25) is 0 Å². The van der Waals surface area contributed by atoms with Gasteiger partial charge in [0.1, 0.15) is 17.1 Å². The van der Waals surface area contributed by atoms with Crippen LogP contribution in [0.15, 0.2) is 24.4 Å². The average molecular weight is 291 g/mol. The van der Waals surface area contributed by atoms with Crippen molar-refractivity contribution in [3.05, 3.63) is 41.3 Å². The molecule has 2 N–H and O–H groups in total. The summed E-state index contributed by atoms with van der Waals surface area (Å²) in [6.07, 6.45) is 1.56. The zero-order valence-corrected chi connectivity index (χ0v) is 12.5. The lowest BCUT2D eigenvalue weighted by Gasteiger charge is -2.20. The maximum absolute atomic E-state index is 14.4. The van der Waals surface area contributed by atoms with E-state index in [1.807, 2.05) is 0 Å². The first kappa shape index (κ1) is 15.0. The Morgan fingerprint density at radius 3 is 2.52 bits per heavy atom. The second-order valence-corrected chi connectivity index (χ2v) is 5.76. The molecule has 112 valence electrons. The summed E-state index contributed by atoms with van der Waals surface area (Å²) in [6, 6.07) is 4.57. The van der Waals surface area contributed by atoms with Crippen molar-refractivity contribution < 1.29 is 13.9 Å². The van der Waals surface area contributed by atoms with Gasteiger partial charge in [-0.3, -0.25) is 0 Å². The minimum Gasteiger partial charge on any atom is -0.456 e. The number of rotatable bonds is 2. The largest absolute Gasteiger partial charge is 0.456 e. The van der Waals surface area contributed by atoms with Crippen LogP contribution in [-0.4, -0.2) is 21.4 Å². The predicted molar refractivity (Wildman–Crippen MR) is 77.8 cm³/mol. The van der Waals surface area contributed by atoms with E-state index < -0.39 is 17.4 Å². The molecule has 0 bridgehead atoms. The lowest BCUT2D eigenvalue weighted by molar-refractivity contribution is 0.00682. The lowest BCUT2D eigenvalue weighted by Crippen LogP contribution is -2.24. The third kappa shape index (κ3) is 3.21. The van der Waals surface area contributed by atoms with Crippen molar-refractivity contribution in [2.45, 2.75) is 33.3 Å². The van der Waals surface area contributed by atoms with Crippen LogP contribution >= 0.6 is 0 Å². The molecule has 0 atom stereocenters. The van der Waals surface area contributed by atoms with Crippen molar-refractivity contribution in [3.63, 3.8) is 0 Å².